The molecule has 25 heavy (non-hydrogen) atoms. The highest BCUT2D eigenvalue weighted by molar-refractivity contribution is 7.89. The molecule has 0 aromatic heterocycles. The maximum Gasteiger partial charge on any atom is 0.240 e. The van der Waals surface area contributed by atoms with Crippen LogP contribution in [0.3, 0.4) is 0 Å². The van der Waals surface area contributed by atoms with Crippen molar-refractivity contribution in [3.63, 3.8) is 0 Å². The van der Waals surface area contributed by atoms with Crippen LogP contribution < -0.4 is 15.4 Å². The first-order valence-corrected chi connectivity index (χ1v) is 10.4. The Morgan fingerprint density at radius 3 is 2.48 bits per heavy atom. The molecular formula is C18H29N3O3S. The van der Waals surface area contributed by atoms with Crippen molar-refractivity contribution in [2.45, 2.75) is 51.0 Å². The van der Waals surface area contributed by atoms with Crippen LogP contribution in [-0.2, 0) is 14.8 Å². The van der Waals surface area contributed by atoms with Crippen LogP contribution in [0.5, 0.6) is 0 Å². The normalized spacial score (nSPS) is 19.6. The number of hydrogen-bond acceptors (Lipinski definition) is 4. The van der Waals surface area contributed by atoms with E-state index in [1.54, 1.807) is 26.0 Å². The Labute approximate surface area is 150 Å². The average molecular weight is 368 g/mol. The molecule has 1 amide bonds. The first kappa shape index (κ1) is 19.9. The molecule has 1 heterocycles. The molecule has 0 radical (unpaired) electrons. The zero-order chi connectivity index (χ0) is 18.4. The Morgan fingerprint density at radius 2 is 1.92 bits per heavy atom. The highest BCUT2D eigenvalue weighted by Crippen LogP contribution is 2.23. The van der Waals surface area contributed by atoms with Crippen molar-refractivity contribution in [2.24, 2.45) is 11.8 Å². The summed E-state index contributed by atoms with van der Waals surface area (Å²) in [6.45, 7) is 7.70. The van der Waals surface area contributed by atoms with E-state index in [1.807, 2.05) is 0 Å². The summed E-state index contributed by atoms with van der Waals surface area (Å²) in [5.41, 5.74) is 0.613. The highest BCUT2D eigenvalue weighted by Gasteiger charge is 2.22. The molecule has 2 unspecified atom stereocenters. The molecule has 1 aromatic rings. The summed E-state index contributed by atoms with van der Waals surface area (Å²) in [6.07, 6.45) is 2.80. The van der Waals surface area contributed by atoms with Gasteiger partial charge in [0.2, 0.25) is 15.9 Å². The second-order valence-electron chi connectivity index (χ2n) is 7.14. The van der Waals surface area contributed by atoms with E-state index in [-0.39, 0.29) is 16.8 Å². The van der Waals surface area contributed by atoms with Gasteiger partial charge in [-0.05, 0) is 75.9 Å². The summed E-state index contributed by atoms with van der Waals surface area (Å²) in [5.74, 6) is 0.825. The van der Waals surface area contributed by atoms with E-state index in [1.165, 1.54) is 12.1 Å². The van der Waals surface area contributed by atoms with E-state index in [0.717, 1.165) is 25.9 Å². The fraction of sp³-hybridized carbons (Fsp3) is 0.611. The standard InChI is InChI=1S/C18H29N3O3S/c1-13(2)21-25(23,24)17-8-6-16(7-9-17)20-18(22)11-14(3)15-5-4-10-19-12-15/h6-9,13-15,19,21H,4-5,10-12H2,1-3H3,(H,20,22). The lowest BCUT2D eigenvalue weighted by atomic mass is 9.85. The molecule has 7 heteroatoms. The molecule has 1 aliphatic heterocycles. The minimum atomic E-state index is -3.51. The van der Waals surface area contributed by atoms with Gasteiger partial charge in [0.15, 0.2) is 0 Å². The third kappa shape index (κ3) is 6.09. The first-order chi connectivity index (χ1) is 11.8. The van der Waals surface area contributed by atoms with Crippen LogP contribution in [0.2, 0.25) is 0 Å². The third-order valence-electron chi connectivity index (χ3n) is 4.49. The number of amides is 1. The van der Waals surface area contributed by atoms with Gasteiger partial charge in [0.1, 0.15) is 0 Å². The molecule has 1 aliphatic rings. The number of anilines is 1. The Balaban J connectivity index is 1.91. The largest absolute Gasteiger partial charge is 0.326 e. The van der Waals surface area contributed by atoms with Gasteiger partial charge in [-0.25, -0.2) is 13.1 Å². The quantitative estimate of drug-likeness (QED) is 0.690. The Kier molecular flexibility index (Phi) is 6.98. The Hall–Kier alpha value is -1.44. The number of carbonyl (C=O) groups excluding carboxylic acids is 1. The van der Waals surface area contributed by atoms with Gasteiger partial charge in [0.25, 0.3) is 0 Å². The summed E-state index contributed by atoms with van der Waals surface area (Å²) in [5, 5.41) is 6.23. The van der Waals surface area contributed by atoms with Gasteiger partial charge in [0, 0.05) is 18.2 Å². The van der Waals surface area contributed by atoms with Crippen molar-refractivity contribution in [1.29, 1.82) is 0 Å². The van der Waals surface area contributed by atoms with Gasteiger partial charge in [-0.3, -0.25) is 4.79 Å². The number of sulfonamides is 1. The minimum Gasteiger partial charge on any atom is -0.326 e. The van der Waals surface area contributed by atoms with Crippen molar-refractivity contribution in [1.82, 2.24) is 10.0 Å². The summed E-state index contributed by atoms with van der Waals surface area (Å²) in [7, 11) is -3.51. The zero-order valence-corrected chi connectivity index (χ0v) is 16.0. The van der Waals surface area contributed by atoms with E-state index in [0.29, 0.717) is 23.9 Å². The van der Waals surface area contributed by atoms with Crippen LogP contribution in [0.15, 0.2) is 29.2 Å². The van der Waals surface area contributed by atoms with E-state index >= 15 is 0 Å². The van der Waals surface area contributed by atoms with Crippen LogP contribution >= 0.6 is 0 Å². The number of nitrogens with one attached hydrogen (secondary N) is 3. The van der Waals surface area contributed by atoms with Gasteiger partial charge < -0.3 is 10.6 Å². The van der Waals surface area contributed by atoms with Crippen molar-refractivity contribution in [2.75, 3.05) is 18.4 Å². The number of benzene rings is 1. The average Bonchev–Trinajstić information content (AvgIpc) is 2.55. The SMILES string of the molecule is CC(C)NS(=O)(=O)c1ccc(NC(=O)CC(C)C2CCCNC2)cc1. The number of rotatable bonds is 7. The van der Waals surface area contributed by atoms with Gasteiger partial charge in [0.05, 0.1) is 4.90 Å². The Morgan fingerprint density at radius 1 is 1.24 bits per heavy atom. The molecule has 1 fully saturated rings. The van der Waals surface area contributed by atoms with Gasteiger partial charge >= 0.3 is 0 Å². The number of piperidine rings is 1. The lowest BCUT2D eigenvalue weighted by Crippen LogP contribution is -2.34. The highest BCUT2D eigenvalue weighted by atomic mass is 32.2. The van der Waals surface area contributed by atoms with Gasteiger partial charge in [-0.1, -0.05) is 6.92 Å². The maximum atomic E-state index is 12.2. The summed E-state index contributed by atoms with van der Waals surface area (Å²) in [4.78, 5) is 12.4. The van der Waals surface area contributed by atoms with Crippen LogP contribution in [0, 0.1) is 11.8 Å². The smallest absolute Gasteiger partial charge is 0.240 e. The van der Waals surface area contributed by atoms with E-state index < -0.39 is 10.0 Å². The van der Waals surface area contributed by atoms with Gasteiger partial charge in [-0.15, -0.1) is 0 Å². The van der Waals surface area contributed by atoms with E-state index in [2.05, 4.69) is 22.3 Å². The van der Waals surface area contributed by atoms with Gasteiger partial charge in [-0.2, -0.15) is 0 Å². The number of hydrogen-bond donors (Lipinski definition) is 3. The zero-order valence-electron chi connectivity index (χ0n) is 15.2. The summed E-state index contributed by atoms with van der Waals surface area (Å²) >= 11 is 0. The molecule has 140 valence electrons. The summed E-state index contributed by atoms with van der Waals surface area (Å²) in [6, 6.07) is 6.10. The molecule has 1 saturated heterocycles. The fourth-order valence-electron chi connectivity index (χ4n) is 3.13. The lowest BCUT2D eigenvalue weighted by molar-refractivity contribution is -0.117. The third-order valence-corrected chi connectivity index (χ3v) is 6.16. The van der Waals surface area contributed by atoms with Crippen molar-refractivity contribution in [3.8, 4) is 0 Å². The first-order valence-electron chi connectivity index (χ1n) is 8.91. The molecule has 2 atom stereocenters. The second kappa shape index (κ2) is 8.78. The molecule has 0 bridgehead atoms. The second-order valence-corrected chi connectivity index (χ2v) is 8.85. The monoisotopic (exact) mass is 367 g/mol. The Bertz CT molecular complexity index is 665. The molecule has 2 rings (SSSR count). The summed E-state index contributed by atoms with van der Waals surface area (Å²) < 4.78 is 26.7. The predicted molar refractivity (Wildman–Crippen MR) is 99.9 cm³/mol. The van der Waals surface area contributed by atoms with Crippen LogP contribution in [0.4, 0.5) is 5.69 Å². The van der Waals surface area contributed by atoms with E-state index in [4.69, 9.17) is 0 Å². The van der Waals surface area contributed by atoms with Crippen molar-refractivity contribution < 1.29 is 13.2 Å². The van der Waals surface area contributed by atoms with E-state index in [9.17, 15) is 13.2 Å². The maximum absolute atomic E-state index is 12.2. The molecule has 0 spiro atoms. The minimum absolute atomic E-state index is 0.0333. The molecule has 3 N–H and O–H groups in total. The molecule has 0 saturated carbocycles. The topological polar surface area (TPSA) is 87.3 Å². The van der Waals surface area contributed by atoms with Crippen LogP contribution in [0.1, 0.15) is 40.0 Å². The molecule has 6 nitrogen and oxygen atoms in total. The number of carbonyl (C=O) groups is 1. The predicted octanol–water partition coefficient (Wildman–Crippen LogP) is 2.34. The van der Waals surface area contributed by atoms with Crippen molar-refractivity contribution >= 4 is 21.6 Å². The molecular weight excluding hydrogens is 338 g/mol. The van der Waals surface area contributed by atoms with Crippen LogP contribution in [-0.4, -0.2) is 33.5 Å². The fourth-order valence-corrected chi connectivity index (χ4v) is 4.38. The lowest BCUT2D eigenvalue weighted by Gasteiger charge is -2.28. The molecule has 1 aromatic carbocycles. The van der Waals surface area contributed by atoms with Crippen molar-refractivity contribution in [3.05, 3.63) is 24.3 Å². The molecule has 0 aliphatic carbocycles. The van der Waals surface area contributed by atoms with Crippen LogP contribution in [0.25, 0.3) is 0 Å².